The van der Waals surface area contributed by atoms with Crippen molar-refractivity contribution < 1.29 is 98.9 Å². The predicted molar refractivity (Wildman–Crippen MR) is 90.5 cm³/mol. The van der Waals surface area contributed by atoms with Gasteiger partial charge >= 0.3 is 29.6 Å². The van der Waals surface area contributed by atoms with Crippen LogP contribution in [0.1, 0.15) is 48.5 Å². The second kappa shape index (κ2) is 44.6. The number of carbonyl (C=O) groups excluding carboxylic acids is 1. The molecule has 0 aromatic rings. The van der Waals surface area contributed by atoms with Gasteiger partial charge in [0.25, 0.3) is 35.8 Å². The molecule has 168 valence electrons. The maximum atomic E-state index is 9.00. The van der Waals surface area contributed by atoms with E-state index in [1.54, 1.807) is 0 Å². The van der Waals surface area contributed by atoms with Gasteiger partial charge in [-0.15, -0.1) is 0 Å². The average Bonchev–Trinajstić information content (AvgIpc) is 2.20. The summed E-state index contributed by atoms with van der Waals surface area (Å²) < 4.78 is 0. The third kappa shape index (κ3) is 1870. The van der Waals surface area contributed by atoms with E-state index in [4.69, 9.17) is 69.3 Å². The number of hydrogen-bond acceptors (Lipinski definition) is 8. The van der Waals surface area contributed by atoms with Gasteiger partial charge in [-0.25, -0.2) is 0 Å². The van der Waals surface area contributed by atoms with Gasteiger partial charge in [-0.3, -0.25) is 28.8 Å². The summed E-state index contributed by atoms with van der Waals surface area (Å²) in [7, 11) is 0. The maximum absolute atomic E-state index is 9.00. The van der Waals surface area contributed by atoms with Crippen LogP contribution in [0.5, 0.6) is 0 Å². The number of carbonyl (C=O) groups is 7. The van der Waals surface area contributed by atoms with Crippen molar-refractivity contribution in [3.63, 3.8) is 0 Å². The van der Waals surface area contributed by atoms with Crippen LogP contribution in [0.4, 0.5) is 0 Å². The summed E-state index contributed by atoms with van der Waals surface area (Å²) in [5, 5.41) is 53.4. The minimum absolute atomic E-state index is 0. The molecule has 0 aliphatic heterocycles. The Morgan fingerprint density at radius 2 is 0.414 bits per heavy atom. The zero-order valence-corrected chi connectivity index (χ0v) is 19.4. The number of aliphatic carboxylic acids is 7. The van der Waals surface area contributed by atoms with Crippen LogP contribution in [-0.2, 0) is 33.6 Å². The van der Waals surface area contributed by atoms with Crippen LogP contribution >= 0.6 is 0 Å². The molecule has 0 saturated heterocycles. The minimum Gasteiger partial charge on any atom is -0.550 e. The van der Waals surface area contributed by atoms with Gasteiger partial charge in [0.1, 0.15) is 0 Å². The Morgan fingerprint density at radius 3 is 0.414 bits per heavy atom. The van der Waals surface area contributed by atoms with Crippen LogP contribution in [0, 0.1) is 0 Å². The van der Waals surface area contributed by atoms with E-state index in [9.17, 15) is 0 Å². The largest absolute Gasteiger partial charge is 1.00 e. The third-order valence-corrected chi connectivity index (χ3v) is 0. The summed E-state index contributed by atoms with van der Waals surface area (Å²) >= 11 is 0. The molecule has 0 rings (SSSR count). The first-order chi connectivity index (χ1) is 12.1. The Labute approximate surface area is 189 Å². The van der Waals surface area contributed by atoms with Gasteiger partial charge in [0.15, 0.2) is 0 Å². The van der Waals surface area contributed by atoms with E-state index >= 15 is 0 Å². The number of carboxylic acids is 7. The molecular formula is C14H27NaO14. The molecule has 0 aliphatic carbocycles. The molecule has 0 aromatic heterocycles. The fourth-order valence-electron chi connectivity index (χ4n) is 0. The van der Waals surface area contributed by atoms with Gasteiger partial charge in [-0.05, 0) is 6.92 Å². The molecule has 0 spiro atoms. The molecule has 0 saturated carbocycles. The van der Waals surface area contributed by atoms with E-state index in [0.29, 0.717) is 0 Å². The fourth-order valence-corrected chi connectivity index (χ4v) is 0. The van der Waals surface area contributed by atoms with Crippen molar-refractivity contribution in [2.45, 2.75) is 48.5 Å². The molecule has 0 radical (unpaired) electrons. The molecule has 0 bridgehead atoms. The fraction of sp³-hybridized carbons (Fsp3) is 0.500. The predicted octanol–water partition coefficient (Wildman–Crippen LogP) is -3.69. The van der Waals surface area contributed by atoms with Gasteiger partial charge < -0.3 is 40.5 Å². The van der Waals surface area contributed by atoms with Gasteiger partial charge in [0.05, 0.1) is 0 Å². The second-order valence-electron chi connectivity index (χ2n) is 3.61. The molecule has 0 fully saturated rings. The monoisotopic (exact) mass is 442 g/mol. The minimum atomic E-state index is -1.08. The molecule has 15 heteroatoms. The summed E-state index contributed by atoms with van der Waals surface area (Å²) in [6, 6.07) is 0. The molecule has 0 amide bonds. The van der Waals surface area contributed by atoms with E-state index in [-0.39, 0.29) is 29.6 Å². The van der Waals surface area contributed by atoms with Crippen LogP contribution in [-0.4, -0.2) is 72.4 Å². The Morgan fingerprint density at radius 1 is 0.414 bits per heavy atom. The molecular weight excluding hydrogens is 415 g/mol. The average molecular weight is 442 g/mol. The van der Waals surface area contributed by atoms with Crippen molar-refractivity contribution in [3.8, 4) is 0 Å². The van der Waals surface area contributed by atoms with E-state index in [1.807, 2.05) is 0 Å². The van der Waals surface area contributed by atoms with Crippen molar-refractivity contribution in [3.05, 3.63) is 0 Å². The maximum Gasteiger partial charge on any atom is 1.00 e. The molecule has 0 unspecified atom stereocenters. The number of rotatable bonds is 0. The molecule has 0 atom stereocenters. The SMILES string of the molecule is CC(=O)O.CC(=O)O.CC(=O)O.CC(=O)O.CC(=O)O.CC(=O)O.CC(=O)[O-].[Na+]. The van der Waals surface area contributed by atoms with Crippen LogP contribution < -0.4 is 34.7 Å². The summed E-state index contributed by atoms with van der Waals surface area (Å²) in [5.41, 5.74) is 0. The number of hydrogen-bond donors (Lipinski definition) is 6. The molecule has 0 aliphatic rings. The first kappa shape index (κ1) is 50.3. The van der Waals surface area contributed by atoms with Gasteiger partial charge in [0.2, 0.25) is 0 Å². The molecule has 14 nitrogen and oxygen atoms in total. The van der Waals surface area contributed by atoms with E-state index < -0.39 is 41.8 Å². The smallest absolute Gasteiger partial charge is 0.550 e. The van der Waals surface area contributed by atoms with Crippen molar-refractivity contribution in [1.82, 2.24) is 0 Å². The zero-order valence-electron chi connectivity index (χ0n) is 17.4. The third-order valence-electron chi connectivity index (χ3n) is 0. The normalized spacial score (nSPS) is 6.03. The Balaban J connectivity index is -0.0000000294. The van der Waals surface area contributed by atoms with Gasteiger partial charge in [-0.1, -0.05) is 0 Å². The van der Waals surface area contributed by atoms with Crippen molar-refractivity contribution >= 4 is 41.8 Å². The Hall–Kier alpha value is -2.71. The zero-order chi connectivity index (χ0) is 25.0. The second-order valence-corrected chi connectivity index (χ2v) is 3.61. The van der Waals surface area contributed by atoms with E-state index in [2.05, 4.69) is 0 Å². The molecule has 0 heterocycles. The Kier molecular flexibility index (Phi) is 77.3. The Bertz CT molecular complexity index is 313. The standard InChI is InChI=1S/7C2H4O2.Na/c7*1-2(3)4;/h7*1H3,(H,3,4);/q;;;;;;;+1/p-1. The molecule has 6 N–H and O–H groups in total. The van der Waals surface area contributed by atoms with Gasteiger partial charge in [0, 0.05) is 47.5 Å². The quantitative estimate of drug-likeness (QED) is 0.197. The summed E-state index contributed by atoms with van der Waals surface area (Å²) in [4.78, 5) is 62.9. The van der Waals surface area contributed by atoms with Gasteiger partial charge in [-0.2, -0.15) is 0 Å². The van der Waals surface area contributed by atoms with Crippen LogP contribution in [0.25, 0.3) is 0 Å². The summed E-state index contributed by atoms with van der Waals surface area (Å²) in [6.45, 7) is 7.47. The first-order valence-corrected chi connectivity index (χ1v) is 6.47. The summed E-state index contributed by atoms with van der Waals surface area (Å²) in [5.74, 6) is -6.08. The van der Waals surface area contributed by atoms with E-state index in [0.717, 1.165) is 48.5 Å². The van der Waals surface area contributed by atoms with Crippen molar-refractivity contribution in [2.75, 3.05) is 0 Å². The van der Waals surface area contributed by atoms with E-state index in [1.165, 1.54) is 0 Å². The van der Waals surface area contributed by atoms with Crippen molar-refractivity contribution in [2.24, 2.45) is 0 Å². The van der Waals surface area contributed by atoms with Crippen LogP contribution in [0.15, 0.2) is 0 Å². The summed E-state index contributed by atoms with van der Waals surface area (Å²) in [6.07, 6.45) is 0. The van der Waals surface area contributed by atoms with Crippen LogP contribution in [0.3, 0.4) is 0 Å². The molecule has 29 heavy (non-hydrogen) atoms. The topological polar surface area (TPSA) is 264 Å². The van der Waals surface area contributed by atoms with Crippen LogP contribution in [0.2, 0.25) is 0 Å². The first-order valence-electron chi connectivity index (χ1n) is 6.47. The van der Waals surface area contributed by atoms with Crippen molar-refractivity contribution in [1.29, 1.82) is 0 Å². The number of carboxylic acid groups (broad SMARTS) is 7. The molecule has 0 aromatic carbocycles.